The number of benzene rings is 2. The highest BCUT2D eigenvalue weighted by Gasteiger charge is 2.27. The molecule has 0 unspecified atom stereocenters. The van der Waals surface area contributed by atoms with Gasteiger partial charge in [0.1, 0.15) is 4.90 Å². The van der Waals surface area contributed by atoms with E-state index < -0.39 is 15.9 Å². The normalized spacial score (nSPS) is 11.6. The van der Waals surface area contributed by atoms with Crippen molar-refractivity contribution in [2.24, 2.45) is 0 Å². The lowest BCUT2D eigenvalue weighted by atomic mass is 10.1. The Kier molecular flexibility index (Phi) is 6.11. The van der Waals surface area contributed by atoms with Gasteiger partial charge in [-0.3, -0.25) is 4.79 Å². The second kappa shape index (κ2) is 7.74. The number of carbonyl (C=O) groups excluding carboxylic acids is 1. The van der Waals surface area contributed by atoms with E-state index in [4.69, 9.17) is 23.2 Å². The van der Waals surface area contributed by atoms with Crippen molar-refractivity contribution in [1.82, 2.24) is 4.31 Å². The molecule has 1 amide bonds. The fourth-order valence-electron chi connectivity index (χ4n) is 2.23. The van der Waals surface area contributed by atoms with E-state index in [1.807, 2.05) is 32.0 Å². The van der Waals surface area contributed by atoms with Crippen LogP contribution in [0.15, 0.2) is 41.3 Å². The van der Waals surface area contributed by atoms with E-state index in [-0.39, 0.29) is 21.5 Å². The number of nitrogens with zero attached hydrogens (tertiary/aromatic N) is 1. The molecule has 2 aromatic carbocycles. The molecule has 25 heavy (non-hydrogen) atoms. The SMILES string of the molecule is Cc1ccc(C)c(NC(=O)CN(C)S(=O)(=O)c2c(Cl)cccc2Cl)c1. The van der Waals surface area contributed by atoms with Gasteiger partial charge in [-0.05, 0) is 43.2 Å². The predicted octanol–water partition coefficient (Wildman–Crippen LogP) is 3.87. The van der Waals surface area contributed by atoms with Crippen LogP contribution >= 0.6 is 23.2 Å². The molecule has 0 aliphatic heterocycles. The molecule has 2 aromatic rings. The third-order valence-electron chi connectivity index (χ3n) is 3.62. The highest BCUT2D eigenvalue weighted by Crippen LogP contribution is 2.30. The second-order valence-corrected chi connectivity index (χ2v) is 8.47. The summed E-state index contributed by atoms with van der Waals surface area (Å²) in [5.41, 5.74) is 2.52. The molecule has 1 N–H and O–H groups in total. The zero-order chi connectivity index (χ0) is 18.8. The minimum atomic E-state index is -4.00. The van der Waals surface area contributed by atoms with Crippen LogP contribution in [0.1, 0.15) is 11.1 Å². The third kappa shape index (κ3) is 4.52. The predicted molar refractivity (Wildman–Crippen MR) is 101 cm³/mol. The summed E-state index contributed by atoms with van der Waals surface area (Å²) < 4.78 is 26.2. The summed E-state index contributed by atoms with van der Waals surface area (Å²) in [5.74, 6) is -0.456. The standard InChI is InChI=1S/C17H18Cl2N2O3S/c1-11-7-8-12(2)15(9-11)20-16(22)10-21(3)25(23,24)17-13(18)5-4-6-14(17)19/h4-9H,10H2,1-3H3,(H,20,22). The fraction of sp³-hybridized carbons (Fsp3) is 0.235. The topological polar surface area (TPSA) is 66.5 Å². The molecule has 0 heterocycles. The molecule has 0 saturated heterocycles. The van der Waals surface area contributed by atoms with E-state index in [1.54, 1.807) is 6.07 Å². The lowest BCUT2D eigenvalue weighted by molar-refractivity contribution is -0.116. The molecule has 0 atom stereocenters. The number of aryl methyl sites for hydroxylation is 2. The zero-order valence-corrected chi connectivity index (χ0v) is 16.3. The Morgan fingerprint density at radius 3 is 2.32 bits per heavy atom. The first kappa shape index (κ1) is 19.7. The maximum Gasteiger partial charge on any atom is 0.246 e. The van der Waals surface area contributed by atoms with Gasteiger partial charge in [-0.25, -0.2) is 8.42 Å². The number of likely N-dealkylation sites (N-methyl/N-ethyl adjacent to an activating group) is 1. The number of halogens is 2. The first-order chi connectivity index (χ1) is 11.6. The highest BCUT2D eigenvalue weighted by molar-refractivity contribution is 7.89. The number of hydrogen-bond donors (Lipinski definition) is 1. The second-order valence-electron chi connectivity index (χ2n) is 5.68. The molecule has 0 radical (unpaired) electrons. The van der Waals surface area contributed by atoms with Crippen LogP contribution in [0.2, 0.25) is 10.0 Å². The van der Waals surface area contributed by atoms with Crippen LogP contribution in [0.4, 0.5) is 5.69 Å². The smallest absolute Gasteiger partial charge is 0.246 e. The quantitative estimate of drug-likeness (QED) is 0.827. The van der Waals surface area contributed by atoms with Crippen molar-refractivity contribution >= 4 is 44.8 Å². The Morgan fingerprint density at radius 1 is 1.12 bits per heavy atom. The van der Waals surface area contributed by atoms with Gasteiger partial charge in [0.15, 0.2) is 0 Å². The molecule has 0 fully saturated rings. The van der Waals surface area contributed by atoms with Gasteiger partial charge in [-0.15, -0.1) is 0 Å². The van der Waals surface area contributed by atoms with Gasteiger partial charge in [0.05, 0.1) is 16.6 Å². The number of hydrogen-bond acceptors (Lipinski definition) is 3. The average Bonchev–Trinajstić information content (AvgIpc) is 2.50. The molecule has 0 saturated carbocycles. The summed E-state index contributed by atoms with van der Waals surface area (Å²) in [7, 11) is -2.69. The highest BCUT2D eigenvalue weighted by atomic mass is 35.5. The van der Waals surface area contributed by atoms with Crippen LogP contribution in [-0.2, 0) is 14.8 Å². The van der Waals surface area contributed by atoms with E-state index in [9.17, 15) is 13.2 Å². The third-order valence-corrected chi connectivity index (χ3v) is 6.38. The van der Waals surface area contributed by atoms with E-state index in [1.165, 1.54) is 19.2 Å². The molecular weight excluding hydrogens is 383 g/mol. The summed E-state index contributed by atoms with van der Waals surface area (Å²) in [6, 6.07) is 10.1. The van der Waals surface area contributed by atoms with Crippen LogP contribution in [0.5, 0.6) is 0 Å². The van der Waals surface area contributed by atoms with E-state index in [2.05, 4.69) is 5.32 Å². The van der Waals surface area contributed by atoms with Crippen LogP contribution in [-0.4, -0.2) is 32.2 Å². The Bertz CT molecular complexity index is 894. The van der Waals surface area contributed by atoms with Crippen molar-refractivity contribution in [3.8, 4) is 0 Å². The minimum Gasteiger partial charge on any atom is -0.325 e. The molecule has 2 rings (SSSR count). The van der Waals surface area contributed by atoms with Gasteiger partial charge >= 0.3 is 0 Å². The lowest BCUT2D eigenvalue weighted by Crippen LogP contribution is -2.35. The molecule has 0 aliphatic rings. The van der Waals surface area contributed by atoms with Crippen molar-refractivity contribution < 1.29 is 13.2 Å². The van der Waals surface area contributed by atoms with Crippen LogP contribution in [0, 0.1) is 13.8 Å². The summed E-state index contributed by atoms with van der Waals surface area (Å²) in [6.45, 7) is 3.40. The van der Waals surface area contributed by atoms with Gasteiger partial charge < -0.3 is 5.32 Å². The number of carbonyl (C=O) groups is 1. The maximum atomic E-state index is 12.7. The van der Waals surface area contributed by atoms with Crippen LogP contribution < -0.4 is 5.32 Å². The Hall–Kier alpha value is -1.60. The fourth-order valence-corrected chi connectivity index (χ4v) is 4.44. The lowest BCUT2D eigenvalue weighted by Gasteiger charge is -2.19. The van der Waals surface area contributed by atoms with Crippen LogP contribution in [0.3, 0.4) is 0 Å². The Labute approximate surface area is 157 Å². The number of anilines is 1. The van der Waals surface area contributed by atoms with Crippen molar-refractivity contribution in [3.63, 3.8) is 0 Å². The Morgan fingerprint density at radius 2 is 1.72 bits per heavy atom. The molecule has 0 aromatic heterocycles. The Balaban J connectivity index is 2.19. The van der Waals surface area contributed by atoms with Crippen LogP contribution in [0.25, 0.3) is 0 Å². The molecule has 0 aliphatic carbocycles. The molecular formula is C17H18Cl2N2O3S. The van der Waals surface area contributed by atoms with E-state index in [0.717, 1.165) is 15.4 Å². The van der Waals surface area contributed by atoms with E-state index in [0.29, 0.717) is 5.69 Å². The summed E-state index contributed by atoms with van der Waals surface area (Å²) in [4.78, 5) is 12.0. The van der Waals surface area contributed by atoms with E-state index >= 15 is 0 Å². The average molecular weight is 401 g/mol. The molecule has 8 heteroatoms. The molecule has 0 bridgehead atoms. The summed E-state index contributed by atoms with van der Waals surface area (Å²) in [6.07, 6.45) is 0. The number of rotatable bonds is 5. The summed E-state index contributed by atoms with van der Waals surface area (Å²) in [5, 5.41) is 2.74. The van der Waals surface area contributed by atoms with Crippen molar-refractivity contribution in [2.75, 3.05) is 18.9 Å². The molecule has 5 nitrogen and oxygen atoms in total. The monoisotopic (exact) mass is 400 g/mol. The number of nitrogens with one attached hydrogen (secondary N) is 1. The first-order valence-electron chi connectivity index (χ1n) is 7.40. The largest absolute Gasteiger partial charge is 0.325 e. The van der Waals surface area contributed by atoms with Gasteiger partial charge in [0, 0.05) is 12.7 Å². The minimum absolute atomic E-state index is 0.00860. The molecule has 0 spiro atoms. The number of amides is 1. The van der Waals surface area contributed by atoms with Gasteiger partial charge in [0.2, 0.25) is 15.9 Å². The number of sulfonamides is 1. The summed E-state index contributed by atoms with van der Waals surface area (Å²) >= 11 is 11.9. The van der Waals surface area contributed by atoms with Gasteiger partial charge in [-0.2, -0.15) is 4.31 Å². The van der Waals surface area contributed by atoms with Crippen molar-refractivity contribution in [3.05, 3.63) is 57.6 Å². The van der Waals surface area contributed by atoms with Gasteiger partial charge in [-0.1, -0.05) is 41.4 Å². The molecule has 134 valence electrons. The maximum absolute atomic E-state index is 12.7. The first-order valence-corrected chi connectivity index (χ1v) is 9.60. The zero-order valence-electron chi connectivity index (χ0n) is 14.0. The van der Waals surface area contributed by atoms with Crippen molar-refractivity contribution in [2.45, 2.75) is 18.7 Å². The van der Waals surface area contributed by atoms with Gasteiger partial charge in [0.25, 0.3) is 0 Å². The van der Waals surface area contributed by atoms with Crippen molar-refractivity contribution in [1.29, 1.82) is 0 Å².